The Hall–Kier alpha value is -2.17. The van der Waals surface area contributed by atoms with E-state index in [1.54, 1.807) is 18.5 Å². The van der Waals surface area contributed by atoms with Crippen molar-refractivity contribution in [3.8, 4) is 0 Å². The summed E-state index contributed by atoms with van der Waals surface area (Å²) >= 11 is 0. The molecule has 2 rings (SSSR count). The number of ketones is 1. The fraction of sp³-hybridized carbons (Fsp3) is 0.250. The molecule has 0 aliphatic rings. The Morgan fingerprint density at radius 3 is 2.57 bits per heavy atom. The number of halogens is 3. The molecule has 0 spiro atoms. The molecule has 2 aromatic rings. The van der Waals surface area contributed by atoms with Gasteiger partial charge < -0.3 is 0 Å². The second kappa shape index (κ2) is 6.08. The van der Waals surface area contributed by atoms with Crippen molar-refractivity contribution < 1.29 is 18.0 Å². The van der Waals surface area contributed by atoms with Gasteiger partial charge in [0.2, 0.25) is 0 Å². The van der Waals surface area contributed by atoms with Crippen molar-refractivity contribution in [2.24, 2.45) is 0 Å². The Balaban J connectivity index is 2.09. The van der Waals surface area contributed by atoms with Crippen LogP contribution in [0.15, 0.2) is 42.7 Å². The minimum absolute atomic E-state index is 0.162. The summed E-state index contributed by atoms with van der Waals surface area (Å²) in [5.41, 5.74) is 0.882. The van der Waals surface area contributed by atoms with Crippen LogP contribution in [0.2, 0.25) is 0 Å². The average Bonchev–Trinajstić information content (AvgIpc) is 2.45. The molecular weight excluding hydrogens is 279 g/mol. The molecule has 0 unspecified atom stereocenters. The van der Waals surface area contributed by atoms with Crippen LogP contribution in [-0.4, -0.2) is 10.8 Å². The molecule has 2 nitrogen and oxygen atoms in total. The van der Waals surface area contributed by atoms with Crippen molar-refractivity contribution >= 4 is 5.78 Å². The average molecular weight is 293 g/mol. The van der Waals surface area contributed by atoms with Crippen LogP contribution in [0, 0.1) is 6.92 Å². The van der Waals surface area contributed by atoms with E-state index in [-0.39, 0.29) is 12.2 Å². The van der Waals surface area contributed by atoms with E-state index >= 15 is 0 Å². The lowest BCUT2D eigenvalue weighted by atomic mass is 9.98. The molecule has 0 saturated carbocycles. The van der Waals surface area contributed by atoms with Crippen molar-refractivity contribution in [1.82, 2.24) is 4.98 Å². The summed E-state index contributed by atoms with van der Waals surface area (Å²) in [6, 6.07) is 6.86. The molecule has 0 bridgehead atoms. The van der Waals surface area contributed by atoms with Crippen molar-refractivity contribution in [1.29, 1.82) is 0 Å². The molecule has 1 aromatic heterocycles. The first-order valence-electron chi connectivity index (χ1n) is 6.48. The first kappa shape index (κ1) is 15.2. The molecule has 0 radical (unpaired) electrons. The van der Waals surface area contributed by atoms with Crippen LogP contribution < -0.4 is 0 Å². The first-order valence-corrected chi connectivity index (χ1v) is 6.48. The van der Waals surface area contributed by atoms with Crippen molar-refractivity contribution in [3.05, 3.63) is 65.0 Å². The number of hydrogen-bond acceptors (Lipinski definition) is 2. The van der Waals surface area contributed by atoms with Gasteiger partial charge in [-0.15, -0.1) is 0 Å². The highest BCUT2D eigenvalue weighted by molar-refractivity contribution is 5.97. The number of benzene rings is 1. The number of Topliss-reactive ketones (excluding diaryl/α,β-unsaturated/α-hetero) is 1. The molecule has 1 heterocycles. The lowest BCUT2D eigenvalue weighted by molar-refractivity contribution is -0.137. The van der Waals surface area contributed by atoms with Gasteiger partial charge in [0, 0.05) is 24.4 Å². The third-order valence-corrected chi connectivity index (χ3v) is 3.22. The Labute approximate surface area is 120 Å². The molecule has 0 aliphatic carbocycles. The van der Waals surface area contributed by atoms with Crippen LogP contribution in [0.3, 0.4) is 0 Å². The summed E-state index contributed by atoms with van der Waals surface area (Å²) in [7, 11) is 0. The maximum absolute atomic E-state index is 12.6. The normalized spacial score (nSPS) is 11.4. The standard InChI is InChI=1S/C16H14F3NO/c1-11-9-13(16(17,18)19)5-6-14(11)15(21)7-4-12-3-2-8-20-10-12/h2-3,5-6,8-10H,4,7H2,1H3. The molecule has 0 saturated heterocycles. The summed E-state index contributed by atoms with van der Waals surface area (Å²) < 4.78 is 37.7. The van der Waals surface area contributed by atoms with E-state index in [0.29, 0.717) is 17.5 Å². The van der Waals surface area contributed by atoms with Gasteiger partial charge >= 0.3 is 6.18 Å². The molecule has 0 fully saturated rings. The molecular formula is C16H14F3NO. The third-order valence-electron chi connectivity index (χ3n) is 3.22. The number of aryl methyl sites for hydroxylation is 2. The van der Waals surface area contributed by atoms with Crippen LogP contribution in [0.5, 0.6) is 0 Å². The summed E-state index contributed by atoms with van der Waals surface area (Å²) in [5.74, 6) is -0.162. The number of nitrogens with zero attached hydrogens (tertiary/aromatic N) is 1. The van der Waals surface area contributed by atoms with Crippen molar-refractivity contribution in [2.75, 3.05) is 0 Å². The molecule has 21 heavy (non-hydrogen) atoms. The zero-order valence-electron chi connectivity index (χ0n) is 11.4. The molecule has 110 valence electrons. The fourth-order valence-electron chi connectivity index (χ4n) is 2.09. The number of carbonyl (C=O) groups excluding carboxylic acids is 1. The Bertz CT molecular complexity index is 636. The molecule has 0 atom stereocenters. The van der Waals surface area contributed by atoms with E-state index in [4.69, 9.17) is 0 Å². The van der Waals surface area contributed by atoms with Gasteiger partial charge in [-0.1, -0.05) is 12.1 Å². The predicted octanol–water partition coefficient (Wildman–Crippen LogP) is 4.22. The third kappa shape index (κ3) is 3.90. The van der Waals surface area contributed by atoms with Gasteiger partial charge in [-0.05, 0) is 42.7 Å². The van der Waals surface area contributed by atoms with Gasteiger partial charge in [-0.2, -0.15) is 13.2 Å². The Kier molecular flexibility index (Phi) is 4.40. The Morgan fingerprint density at radius 2 is 2.00 bits per heavy atom. The predicted molar refractivity (Wildman–Crippen MR) is 73.1 cm³/mol. The van der Waals surface area contributed by atoms with Crippen LogP contribution in [0.1, 0.15) is 33.5 Å². The van der Waals surface area contributed by atoms with Gasteiger partial charge in [0.1, 0.15) is 0 Å². The quantitative estimate of drug-likeness (QED) is 0.790. The second-order valence-electron chi connectivity index (χ2n) is 4.81. The fourth-order valence-corrected chi connectivity index (χ4v) is 2.09. The zero-order valence-corrected chi connectivity index (χ0v) is 11.4. The molecule has 0 amide bonds. The van der Waals surface area contributed by atoms with Crippen LogP contribution >= 0.6 is 0 Å². The number of pyridine rings is 1. The Morgan fingerprint density at radius 1 is 1.24 bits per heavy atom. The lowest BCUT2D eigenvalue weighted by Crippen LogP contribution is -2.08. The van der Waals surface area contributed by atoms with Crippen molar-refractivity contribution in [3.63, 3.8) is 0 Å². The van der Waals surface area contributed by atoms with E-state index in [1.807, 2.05) is 6.07 Å². The number of rotatable bonds is 4. The summed E-state index contributed by atoms with van der Waals surface area (Å²) in [5, 5.41) is 0. The highest BCUT2D eigenvalue weighted by Crippen LogP contribution is 2.30. The van der Waals surface area contributed by atoms with Crippen LogP contribution in [0.25, 0.3) is 0 Å². The second-order valence-corrected chi connectivity index (χ2v) is 4.81. The number of aromatic nitrogens is 1. The van der Waals surface area contributed by atoms with E-state index in [0.717, 1.165) is 17.7 Å². The lowest BCUT2D eigenvalue weighted by Gasteiger charge is -2.10. The van der Waals surface area contributed by atoms with E-state index in [1.165, 1.54) is 13.0 Å². The molecule has 0 N–H and O–H groups in total. The maximum Gasteiger partial charge on any atom is 0.416 e. The minimum Gasteiger partial charge on any atom is -0.294 e. The maximum atomic E-state index is 12.6. The minimum atomic E-state index is -4.39. The molecule has 5 heteroatoms. The SMILES string of the molecule is Cc1cc(C(F)(F)F)ccc1C(=O)CCc1cccnc1. The molecule has 1 aromatic carbocycles. The zero-order chi connectivity index (χ0) is 15.5. The van der Waals surface area contributed by atoms with Gasteiger partial charge in [0.25, 0.3) is 0 Å². The van der Waals surface area contributed by atoms with E-state index in [2.05, 4.69) is 4.98 Å². The summed E-state index contributed by atoms with van der Waals surface area (Å²) in [4.78, 5) is 16.1. The highest BCUT2D eigenvalue weighted by Gasteiger charge is 2.30. The number of carbonyl (C=O) groups is 1. The van der Waals surface area contributed by atoms with Crippen molar-refractivity contribution in [2.45, 2.75) is 25.9 Å². The topological polar surface area (TPSA) is 30.0 Å². The smallest absolute Gasteiger partial charge is 0.294 e. The van der Waals surface area contributed by atoms with Gasteiger partial charge in [-0.25, -0.2) is 0 Å². The van der Waals surface area contributed by atoms with Gasteiger partial charge in [0.15, 0.2) is 5.78 Å². The van der Waals surface area contributed by atoms with Gasteiger partial charge in [0.05, 0.1) is 5.56 Å². The highest BCUT2D eigenvalue weighted by atomic mass is 19.4. The summed E-state index contributed by atoms with van der Waals surface area (Å²) in [6.07, 6.45) is -0.300. The monoisotopic (exact) mass is 293 g/mol. The van der Waals surface area contributed by atoms with Crippen LogP contribution in [0.4, 0.5) is 13.2 Å². The van der Waals surface area contributed by atoms with E-state index in [9.17, 15) is 18.0 Å². The largest absolute Gasteiger partial charge is 0.416 e. The molecule has 0 aliphatic heterocycles. The van der Waals surface area contributed by atoms with Gasteiger partial charge in [-0.3, -0.25) is 9.78 Å². The van der Waals surface area contributed by atoms with E-state index < -0.39 is 11.7 Å². The summed E-state index contributed by atoms with van der Waals surface area (Å²) in [6.45, 7) is 1.52. The number of alkyl halides is 3. The first-order chi connectivity index (χ1) is 9.88. The number of hydrogen-bond donors (Lipinski definition) is 0. The van der Waals surface area contributed by atoms with Crippen LogP contribution in [-0.2, 0) is 12.6 Å².